The molecule has 3 aromatic rings. The quantitative estimate of drug-likeness (QED) is 0.673. The molecule has 3 rings (SSSR count). The number of hydrogen-bond acceptors (Lipinski definition) is 2. The molecule has 0 saturated carbocycles. The first-order valence-electron chi connectivity index (χ1n) is 5.29. The van der Waals surface area contributed by atoms with Crippen LogP contribution in [0.15, 0.2) is 59.5 Å². The van der Waals surface area contributed by atoms with E-state index in [1.54, 1.807) is 6.20 Å². The molecule has 2 heterocycles. The fourth-order valence-corrected chi connectivity index (χ4v) is 2.17. The van der Waals surface area contributed by atoms with Crippen LogP contribution in [0.2, 0.25) is 0 Å². The summed E-state index contributed by atoms with van der Waals surface area (Å²) >= 11 is 3.47. The van der Waals surface area contributed by atoms with Crippen molar-refractivity contribution in [2.75, 3.05) is 0 Å². The average Bonchev–Trinajstić information content (AvgIpc) is 2.39. The number of aromatic nitrogens is 2. The number of hydrogen-bond donors (Lipinski definition) is 0. The van der Waals surface area contributed by atoms with E-state index < -0.39 is 0 Å². The van der Waals surface area contributed by atoms with Gasteiger partial charge >= 0.3 is 0 Å². The minimum atomic E-state index is 1.00. The van der Waals surface area contributed by atoms with Gasteiger partial charge in [0.05, 0.1) is 5.52 Å². The minimum Gasteiger partial charge on any atom is -0.264 e. The van der Waals surface area contributed by atoms with Gasteiger partial charge < -0.3 is 0 Å². The van der Waals surface area contributed by atoms with Crippen LogP contribution in [0.3, 0.4) is 0 Å². The van der Waals surface area contributed by atoms with Gasteiger partial charge in [-0.25, -0.2) is 0 Å². The summed E-state index contributed by atoms with van der Waals surface area (Å²) in [4.78, 5) is 8.57. The van der Waals surface area contributed by atoms with E-state index in [-0.39, 0.29) is 0 Å². The molecule has 0 amide bonds. The predicted octanol–water partition coefficient (Wildman–Crippen LogP) is 4.06. The Bertz CT molecular complexity index is 665. The van der Waals surface area contributed by atoms with E-state index in [9.17, 15) is 0 Å². The highest BCUT2D eigenvalue weighted by Gasteiger charge is 2.01. The van der Waals surface area contributed by atoms with Crippen molar-refractivity contribution in [2.45, 2.75) is 0 Å². The molecule has 0 N–H and O–H groups in total. The lowest BCUT2D eigenvalue weighted by atomic mass is 10.1. The van der Waals surface area contributed by atoms with Crippen LogP contribution in [-0.4, -0.2) is 9.97 Å². The van der Waals surface area contributed by atoms with Crippen LogP contribution in [-0.2, 0) is 0 Å². The molecular formula is C14H9BrN2. The zero-order valence-corrected chi connectivity index (χ0v) is 10.6. The monoisotopic (exact) mass is 284 g/mol. The summed E-state index contributed by atoms with van der Waals surface area (Å²) in [6, 6.07) is 12.2. The molecule has 0 aliphatic carbocycles. The highest BCUT2D eigenvalue weighted by molar-refractivity contribution is 9.10. The van der Waals surface area contributed by atoms with Crippen molar-refractivity contribution >= 4 is 26.8 Å². The Morgan fingerprint density at radius 3 is 2.71 bits per heavy atom. The van der Waals surface area contributed by atoms with Crippen LogP contribution in [0.1, 0.15) is 0 Å². The number of fused-ring (bicyclic) bond motifs is 1. The van der Waals surface area contributed by atoms with Crippen LogP contribution in [0, 0.1) is 0 Å². The standard InChI is InChI=1S/C14H9BrN2/c15-13-3-4-14-11(7-13)6-12(9-17-14)10-2-1-5-16-8-10/h1-9H. The van der Waals surface area contributed by atoms with Crippen molar-refractivity contribution in [2.24, 2.45) is 0 Å². The zero-order valence-electron chi connectivity index (χ0n) is 8.97. The summed E-state index contributed by atoms with van der Waals surface area (Å²) in [6.45, 7) is 0. The normalized spacial score (nSPS) is 10.6. The summed E-state index contributed by atoms with van der Waals surface area (Å²) in [5.41, 5.74) is 3.17. The van der Waals surface area contributed by atoms with Crippen LogP contribution in [0.5, 0.6) is 0 Å². The minimum absolute atomic E-state index is 1.00. The van der Waals surface area contributed by atoms with Crippen molar-refractivity contribution in [3.63, 3.8) is 0 Å². The first kappa shape index (κ1) is 10.4. The molecule has 0 aliphatic rings. The molecule has 82 valence electrons. The first-order chi connectivity index (χ1) is 8.33. The predicted molar refractivity (Wildman–Crippen MR) is 72.7 cm³/mol. The van der Waals surface area contributed by atoms with E-state index >= 15 is 0 Å². The Morgan fingerprint density at radius 1 is 0.941 bits per heavy atom. The van der Waals surface area contributed by atoms with Crippen molar-refractivity contribution in [1.29, 1.82) is 0 Å². The lowest BCUT2D eigenvalue weighted by molar-refractivity contribution is 1.32. The molecule has 3 heteroatoms. The van der Waals surface area contributed by atoms with Gasteiger partial charge in [0.25, 0.3) is 0 Å². The Hall–Kier alpha value is -1.74. The molecular weight excluding hydrogens is 276 g/mol. The number of halogens is 1. The third-order valence-corrected chi connectivity index (χ3v) is 3.13. The zero-order chi connectivity index (χ0) is 11.7. The number of nitrogens with zero attached hydrogens (tertiary/aromatic N) is 2. The van der Waals surface area contributed by atoms with Crippen molar-refractivity contribution in [3.8, 4) is 11.1 Å². The molecule has 0 atom stereocenters. The summed E-state index contributed by atoms with van der Waals surface area (Å²) in [5.74, 6) is 0. The van der Waals surface area contributed by atoms with E-state index in [1.807, 2.05) is 36.7 Å². The van der Waals surface area contributed by atoms with Crippen molar-refractivity contribution in [3.05, 3.63) is 59.5 Å². The molecule has 17 heavy (non-hydrogen) atoms. The van der Waals surface area contributed by atoms with E-state index in [4.69, 9.17) is 0 Å². The van der Waals surface area contributed by atoms with Gasteiger partial charge in [-0.05, 0) is 30.3 Å². The Balaban J connectivity index is 2.19. The number of pyridine rings is 2. The lowest BCUT2D eigenvalue weighted by Gasteiger charge is -2.03. The summed E-state index contributed by atoms with van der Waals surface area (Å²) in [6.07, 6.45) is 5.50. The summed E-state index contributed by atoms with van der Waals surface area (Å²) in [7, 11) is 0. The molecule has 0 spiro atoms. The molecule has 0 unspecified atom stereocenters. The van der Waals surface area contributed by atoms with Gasteiger partial charge in [-0.1, -0.05) is 22.0 Å². The maximum absolute atomic E-state index is 4.45. The fourth-order valence-electron chi connectivity index (χ4n) is 1.79. The number of benzene rings is 1. The van der Waals surface area contributed by atoms with Gasteiger partial charge in [0.15, 0.2) is 0 Å². The van der Waals surface area contributed by atoms with Gasteiger partial charge in [-0.3, -0.25) is 9.97 Å². The maximum atomic E-state index is 4.45. The Labute approximate surface area is 107 Å². The van der Waals surface area contributed by atoms with Crippen LogP contribution in [0.4, 0.5) is 0 Å². The van der Waals surface area contributed by atoms with Crippen LogP contribution < -0.4 is 0 Å². The molecule has 0 fully saturated rings. The van der Waals surface area contributed by atoms with Crippen molar-refractivity contribution in [1.82, 2.24) is 9.97 Å². The van der Waals surface area contributed by atoms with Crippen LogP contribution >= 0.6 is 15.9 Å². The molecule has 0 radical (unpaired) electrons. The van der Waals surface area contributed by atoms with Gasteiger partial charge in [-0.2, -0.15) is 0 Å². The number of rotatable bonds is 1. The van der Waals surface area contributed by atoms with E-state index in [0.29, 0.717) is 0 Å². The van der Waals surface area contributed by atoms with Gasteiger partial charge in [-0.15, -0.1) is 0 Å². The second kappa shape index (κ2) is 4.26. The van der Waals surface area contributed by atoms with E-state index in [0.717, 1.165) is 26.5 Å². The third kappa shape index (κ3) is 2.06. The van der Waals surface area contributed by atoms with Crippen molar-refractivity contribution < 1.29 is 0 Å². The van der Waals surface area contributed by atoms with Gasteiger partial charge in [0.2, 0.25) is 0 Å². The average molecular weight is 285 g/mol. The van der Waals surface area contributed by atoms with E-state index in [1.165, 1.54) is 0 Å². The summed E-state index contributed by atoms with van der Waals surface area (Å²) < 4.78 is 1.06. The van der Waals surface area contributed by atoms with Gasteiger partial charge in [0.1, 0.15) is 0 Å². The molecule has 1 aromatic carbocycles. The maximum Gasteiger partial charge on any atom is 0.0703 e. The SMILES string of the molecule is Brc1ccc2ncc(-c3cccnc3)cc2c1. The summed E-state index contributed by atoms with van der Waals surface area (Å²) in [5, 5.41) is 1.13. The second-order valence-electron chi connectivity index (χ2n) is 3.80. The highest BCUT2D eigenvalue weighted by Crippen LogP contribution is 2.24. The first-order valence-corrected chi connectivity index (χ1v) is 6.08. The molecule has 0 aliphatic heterocycles. The largest absolute Gasteiger partial charge is 0.264 e. The second-order valence-corrected chi connectivity index (χ2v) is 4.72. The topological polar surface area (TPSA) is 25.8 Å². The fraction of sp³-hybridized carbons (Fsp3) is 0. The molecule has 0 saturated heterocycles. The van der Waals surface area contributed by atoms with Gasteiger partial charge in [0, 0.05) is 39.6 Å². The highest BCUT2D eigenvalue weighted by atomic mass is 79.9. The van der Waals surface area contributed by atoms with E-state index in [2.05, 4.69) is 38.0 Å². The van der Waals surface area contributed by atoms with Crippen LogP contribution in [0.25, 0.3) is 22.0 Å². The third-order valence-electron chi connectivity index (χ3n) is 2.64. The molecule has 2 aromatic heterocycles. The molecule has 2 nitrogen and oxygen atoms in total. The Kier molecular flexibility index (Phi) is 2.61. The lowest BCUT2D eigenvalue weighted by Crippen LogP contribution is -1.83. The smallest absolute Gasteiger partial charge is 0.0703 e. The molecule has 0 bridgehead atoms. The Morgan fingerprint density at radius 2 is 1.88 bits per heavy atom.